The summed E-state index contributed by atoms with van der Waals surface area (Å²) in [5, 5.41) is 8.73. The highest BCUT2D eigenvalue weighted by Crippen LogP contribution is 2.21. The molecule has 12 nitrogen and oxygen atoms in total. The minimum absolute atomic E-state index is 0.0200. The van der Waals surface area contributed by atoms with E-state index in [1.54, 1.807) is 0 Å². The summed E-state index contributed by atoms with van der Waals surface area (Å²) in [6, 6.07) is 0. The normalized spacial score (nSPS) is 10.9. The topological polar surface area (TPSA) is 153 Å². The van der Waals surface area contributed by atoms with Gasteiger partial charge in [0.2, 0.25) is 0 Å². The van der Waals surface area contributed by atoms with E-state index in [4.69, 9.17) is 24.1 Å². The van der Waals surface area contributed by atoms with Crippen LogP contribution in [0.25, 0.3) is 0 Å². The molecule has 0 radical (unpaired) electrons. The second kappa shape index (κ2) is 19.1. The third-order valence-corrected chi connectivity index (χ3v) is 3.33. The number of hydrogen-bond acceptors (Lipinski definition) is 11. The van der Waals surface area contributed by atoms with Gasteiger partial charge in [0.15, 0.2) is 0 Å². The second-order valence-electron chi connectivity index (χ2n) is 5.76. The minimum atomic E-state index is -0.998. The van der Waals surface area contributed by atoms with Gasteiger partial charge in [0.1, 0.15) is 19.8 Å². The fourth-order valence-corrected chi connectivity index (χ4v) is 2.03. The average molecular weight is 424 g/mol. The molecule has 29 heavy (non-hydrogen) atoms. The van der Waals surface area contributed by atoms with Crippen LogP contribution in [0.1, 0.15) is 6.42 Å². The molecule has 0 bridgehead atoms. The van der Waals surface area contributed by atoms with Crippen molar-refractivity contribution in [3.05, 3.63) is 0 Å². The van der Waals surface area contributed by atoms with Crippen LogP contribution in [-0.4, -0.2) is 103 Å². The van der Waals surface area contributed by atoms with E-state index in [2.05, 4.69) is 14.2 Å². The Hall–Kier alpha value is -2.28. The Morgan fingerprint density at radius 3 is 1.28 bits per heavy atom. The van der Waals surface area contributed by atoms with Crippen molar-refractivity contribution in [1.82, 2.24) is 0 Å². The van der Waals surface area contributed by atoms with Crippen molar-refractivity contribution < 1.29 is 57.4 Å². The minimum Gasteiger partial charge on any atom is -0.481 e. The lowest BCUT2D eigenvalue weighted by Gasteiger charge is -2.33. The van der Waals surface area contributed by atoms with Crippen molar-refractivity contribution in [2.24, 2.45) is 5.41 Å². The first-order valence-electron chi connectivity index (χ1n) is 8.79. The first-order valence-corrected chi connectivity index (χ1v) is 8.79. The number of carbonyl (C=O) groups excluding carboxylic acids is 3. The van der Waals surface area contributed by atoms with Gasteiger partial charge in [0.05, 0.1) is 64.7 Å². The molecule has 0 aliphatic carbocycles. The number of aliphatic carboxylic acids is 1. The van der Waals surface area contributed by atoms with Crippen LogP contribution in [0.3, 0.4) is 0 Å². The van der Waals surface area contributed by atoms with Crippen LogP contribution in [0, 0.1) is 5.41 Å². The first-order chi connectivity index (χ1) is 14.1. The fourth-order valence-electron chi connectivity index (χ4n) is 2.03. The maximum Gasteiger partial charge on any atom is 0.305 e. The molecule has 0 atom stereocenters. The number of ether oxygens (including phenoxy) is 7. The molecule has 0 unspecified atom stereocenters. The summed E-state index contributed by atoms with van der Waals surface area (Å²) < 4.78 is 35.7. The monoisotopic (exact) mass is 424 g/mol. The zero-order chi connectivity index (χ0) is 21.6. The Morgan fingerprint density at radius 1 is 0.621 bits per heavy atom. The van der Waals surface area contributed by atoms with Gasteiger partial charge in [-0.15, -0.1) is 0 Å². The highest BCUT2D eigenvalue weighted by molar-refractivity contribution is 5.66. The van der Waals surface area contributed by atoms with Crippen molar-refractivity contribution in [1.29, 1.82) is 0 Å². The molecule has 0 aromatic carbocycles. The lowest BCUT2D eigenvalue weighted by molar-refractivity contribution is -0.143. The maximum atomic E-state index is 10.7. The zero-order valence-electron chi connectivity index (χ0n) is 16.2. The molecule has 0 heterocycles. The molecule has 0 rings (SSSR count). The smallest absolute Gasteiger partial charge is 0.305 e. The van der Waals surface area contributed by atoms with Crippen molar-refractivity contribution in [3.63, 3.8) is 0 Å². The molecule has 0 aliphatic heterocycles. The van der Waals surface area contributed by atoms with Crippen LogP contribution < -0.4 is 0 Å². The van der Waals surface area contributed by atoms with Crippen LogP contribution in [0.5, 0.6) is 0 Å². The lowest BCUT2D eigenvalue weighted by Crippen LogP contribution is -2.42. The quantitative estimate of drug-likeness (QED) is 0.122. The molecule has 0 amide bonds. The Kier molecular flexibility index (Phi) is 17.6. The summed E-state index contributed by atoms with van der Waals surface area (Å²) >= 11 is 0. The highest BCUT2D eigenvalue weighted by atomic mass is 16.6. The molecule has 0 aromatic heterocycles. The molecule has 1 N–H and O–H groups in total. The van der Waals surface area contributed by atoms with Gasteiger partial charge in [-0.2, -0.15) is 0 Å². The molecular weight excluding hydrogens is 396 g/mol. The van der Waals surface area contributed by atoms with Gasteiger partial charge in [-0.3, -0.25) is 19.2 Å². The number of carbonyl (C=O) groups is 4. The van der Waals surface area contributed by atoms with Gasteiger partial charge >= 0.3 is 5.97 Å². The summed E-state index contributed by atoms with van der Waals surface area (Å²) in [7, 11) is 0. The third kappa shape index (κ3) is 16.4. The molecule has 0 saturated heterocycles. The Morgan fingerprint density at radius 2 is 0.966 bits per heavy atom. The molecule has 0 aromatic rings. The van der Waals surface area contributed by atoms with E-state index in [0.717, 1.165) is 0 Å². The summed E-state index contributed by atoms with van der Waals surface area (Å²) in [6.07, 6.45) is -0.174. The van der Waals surface area contributed by atoms with E-state index in [-0.39, 0.29) is 79.1 Å². The summed E-state index contributed by atoms with van der Waals surface area (Å²) in [5.74, 6) is -0.998. The molecule has 168 valence electrons. The van der Waals surface area contributed by atoms with E-state index >= 15 is 0 Å². The highest BCUT2D eigenvalue weighted by Gasteiger charge is 2.32. The molecule has 0 saturated carbocycles. The standard InChI is InChI=1S/C17H28O12/c18-13-27-6-3-24-10-17(9-23-2-1-16(21)22,11-25-4-7-28-14-19)12-26-5-8-29-15-20/h13-15H,1-12H2,(H,21,22). The number of carboxylic acid groups (broad SMARTS) is 1. The van der Waals surface area contributed by atoms with Gasteiger partial charge in [0, 0.05) is 0 Å². The lowest BCUT2D eigenvalue weighted by atomic mass is 9.92. The van der Waals surface area contributed by atoms with E-state index < -0.39 is 11.4 Å². The molecule has 12 heteroatoms. The molecular formula is C17H28O12. The number of carboxylic acids is 1. The van der Waals surface area contributed by atoms with Gasteiger partial charge in [0.25, 0.3) is 19.4 Å². The Balaban J connectivity index is 4.80. The maximum absolute atomic E-state index is 10.7. The summed E-state index contributed by atoms with van der Waals surface area (Å²) in [4.78, 5) is 41.2. The summed E-state index contributed by atoms with van der Waals surface area (Å²) in [6.45, 7) is 1.75. The SMILES string of the molecule is O=COCCOCC(COCCOC=O)(COCCOC=O)COCCC(=O)O. The van der Waals surface area contributed by atoms with Gasteiger partial charge < -0.3 is 38.3 Å². The largest absolute Gasteiger partial charge is 0.481 e. The van der Waals surface area contributed by atoms with E-state index in [9.17, 15) is 19.2 Å². The van der Waals surface area contributed by atoms with E-state index in [0.29, 0.717) is 19.4 Å². The van der Waals surface area contributed by atoms with Crippen LogP contribution in [0.4, 0.5) is 0 Å². The average Bonchev–Trinajstić information content (AvgIpc) is 2.70. The third-order valence-electron chi connectivity index (χ3n) is 3.33. The van der Waals surface area contributed by atoms with Gasteiger partial charge in [-0.05, 0) is 0 Å². The van der Waals surface area contributed by atoms with E-state index in [1.165, 1.54) is 0 Å². The predicted molar refractivity (Wildman–Crippen MR) is 94.0 cm³/mol. The van der Waals surface area contributed by atoms with Crippen LogP contribution in [0.15, 0.2) is 0 Å². The number of rotatable bonds is 23. The van der Waals surface area contributed by atoms with Crippen molar-refractivity contribution in [3.8, 4) is 0 Å². The van der Waals surface area contributed by atoms with Crippen LogP contribution in [-0.2, 0) is 52.3 Å². The number of hydrogen-bond donors (Lipinski definition) is 1. The first kappa shape index (κ1) is 26.7. The van der Waals surface area contributed by atoms with Gasteiger partial charge in [-0.1, -0.05) is 0 Å². The van der Waals surface area contributed by atoms with Crippen LogP contribution >= 0.6 is 0 Å². The second-order valence-corrected chi connectivity index (χ2v) is 5.76. The molecule has 0 spiro atoms. The predicted octanol–water partition coefficient (Wildman–Crippen LogP) is -0.967. The van der Waals surface area contributed by atoms with Crippen LogP contribution in [0.2, 0.25) is 0 Å². The summed E-state index contributed by atoms with van der Waals surface area (Å²) in [5.41, 5.74) is -0.831. The molecule has 0 fully saturated rings. The van der Waals surface area contributed by atoms with Crippen molar-refractivity contribution >= 4 is 25.4 Å². The van der Waals surface area contributed by atoms with Crippen molar-refractivity contribution in [2.45, 2.75) is 6.42 Å². The van der Waals surface area contributed by atoms with Crippen molar-refractivity contribution in [2.75, 3.05) is 72.7 Å². The Bertz CT molecular complexity index is 397. The Labute approximate surface area is 168 Å². The fraction of sp³-hybridized carbons (Fsp3) is 0.765. The zero-order valence-corrected chi connectivity index (χ0v) is 16.2. The molecule has 0 aliphatic rings. The van der Waals surface area contributed by atoms with E-state index in [1.807, 2.05) is 0 Å². The van der Waals surface area contributed by atoms with Gasteiger partial charge in [-0.25, -0.2) is 0 Å².